The highest BCUT2D eigenvalue weighted by molar-refractivity contribution is 6.04. The Labute approximate surface area is 235 Å². The minimum absolute atomic E-state index is 0.0693. The molecule has 1 amide bonds. The Morgan fingerprint density at radius 1 is 1.10 bits per heavy atom. The zero-order valence-electron chi connectivity index (χ0n) is 22.7. The molecule has 0 aliphatic heterocycles. The van der Waals surface area contributed by atoms with Crippen LogP contribution in [0.3, 0.4) is 0 Å². The van der Waals surface area contributed by atoms with Gasteiger partial charge in [-0.15, -0.1) is 5.10 Å². The SMILES string of the molecule is Cc1cccc(-n2c([C@@H](C)NC(=O)c3c(N)nn4cccnc34)cc3cccc(C#Cc4cnn(C)c4)c3c2=O)c1. The van der Waals surface area contributed by atoms with E-state index in [0.29, 0.717) is 33.4 Å². The molecule has 41 heavy (non-hydrogen) atoms. The van der Waals surface area contributed by atoms with E-state index < -0.39 is 11.9 Å². The quantitative estimate of drug-likeness (QED) is 0.328. The fourth-order valence-electron chi connectivity index (χ4n) is 4.93. The second kappa shape index (κ2) is 10.1. The van der Waals surface area contributed by atoms with E-state index in [1.807, 2.05) is 75.6 Å². The molecule has 0 saturated heterocycles. The van der Waals surface area contributed by atoms with Gasteiger partial charge in [0, 0.05) is 42.6 Å². The summed E-state index contributed by atoms with van der Waals surface area (Å²) in [5.74, 6) is 5.89. The molecule has 6 rings (SSSR count). The number of benzene rings is 2. The van der Waals surface area contributed by atoms with Gasteiger partial charge in [-0.25, -0.2) is 9.50 Å². The lowest BCUT2D eigenvalue weighted by Crippen LogP contribution is -2.32. The van der Waals surface area contributed by atoms with Gasteiger partial charge < -0.3 is 11.1 Å². The maximum atomic E-state index is 14.3. The summed E-state index contributed by atoms with van der Waals surface area (Å²) in [7, 11) is 1.82. The Bertz CT molecular complexity index is 2090. The smallest absolute Gasteiger partial charge is 0.264 e. The number of hydrogen-bond donors (Lipinski definition) is 2. The second-order valence-corrected chi connectivity index (χ2v) is 9.81. The predicted octanol–water partition coefficient (Wildman–Crippen LogP) is 3.55. The molecule has 0 spiro atoms. The number of hydrogen-bond acceptors (Lipinski definition) is 6. The molecule has 2 aromatic carbocycles. The summed E-state index contributed by atoms with van der Waals surface area (Å²) in [6.45, 7) is 3.79. The van der Waals surface area contributed by atoms with Crippen molar-refractivity contribution in [3.63, 3.8) is 0 Å². The highest BCUT2D eigenvalue weighted by atomic mass is 16.2. The van der Waals surface area contributed by atoms with Gasteiger partial charge in [0.2, 0.25) is 0 Å². The third-order valence-electron chi connectivity index (χ3n) is 6.82. The van der Waals surface area contributed by atoms with Crippen LogP contribution in [0.1, 0.15) is 45.7 Å². The molecule has 0 bridgehead atoms. The molecule has 0 aliphatic rings. The largest absolute Gasteiger partial charge is 0.381 e. The molecule has 0 unspecified atom stereocenters. The first-order valence-electron chi connectivity index (χ1n) is 13.0. The number of pyridine rings is 1. The van der Waals surface area contributed by atoms with Crippen LogP contribution in [0.2, 0.25) is 0 Å². The van der Waals surface area contributed by atoms with Crippen LogP contribution >= 0.6 is 0 Å². The Kier molecular flexibility index (Phi) is 6.32. The van der Waals surface area contributed by atoms with Gasteiger partial charge in [-0.3, -0.25) is 18.8 Å². The van der Waals surface area contributed by atoms with E-state index in [2.05, 4.69) is 32.3 Å². The van der Waals surface area contributed by atoms with Crippen molar-refractivity contribution in [3.05, 3.63) is 118 Å². The molecular weight excluding hydrogens is 516 g/mol. The number of fused-ring (bicyclic) bond motifs is 2. The normalized spacial score (nSPS) is 11.8. The molecule has 10 heteroatoms. The van der Waals surface area contributed by atoms with Crippen LogP contribution in [0.4, 0.5) is 5.82 Å². The van der Waals surface area contributed by atoms with Crippen LogP contribution in [-0.4, -0.2) is 34.9 Å². The standard InChI is InChI=1S/C31H26N8O2/c1-19-7-4-10-24(15-19)39-25(20(2)35-30(40)27-28(32)36-38-14-6-13-33-29(27)38)16-23-9-5-8-22(26(23)31(39)41)12-11-21-17-34-37(3)18-21/h4-10,13-18,20H,1-3H3,(H2,32,36)(H,35,40)/t20-/m1/s1. The predicted molar refractivity (Wildman–Crippen MR) is 157 cm³/mol. The summed E-state index contributed by atoms with van der Waals surface area (Å²) in [5.41, 5.74) is 10.00. The Hall–Kier alpha value is -5.69. The Balaban J connectivity index is 1.49. The number of rotatable bonds is 4. The van der Waals surface area contributed by atoms with Crippen LogP contribution in [0, 0.1) is 18.8 Å². The number of nitrogen functional groups attached to an aromatic ring is 1. The number of aryl methyl sites for hydroxylation is 2. The second-order valence-electron chi connectivity index (χ2n) is 9.81. The fourth-order valence-corrected chi connectivity index (χ4v) is 4.93. The van der Waals surface area contributed by atoms with Gasteiger partial charge in [0.05, 0.1) is 23.2 Å². The average Bonchev–Trinajstić information content (AvgIpc) is 3.52. The van der Waals surface area contributed by atoms with Crippen molar-refractivity contribution in [2.24, 2.45) is 7.05 Å². The van der Waals surface area contributed by atoms with Gasteiger partial charge in [-0.1, -0.05) is 36.1 Å². The minimum atomic E-state index is -0.580. The zero-order chi connectivity index (χ0) is 28.7. The number of anilines is 1. The Morgan fingerprint density at radius 3 is 2.71 bits per heavy atom. The summed E-state index contributed by atoms with van der Waals surface area (Å²) in [5, 5.41) is 12.6. The van der Waals surface area contributed by atoms with Crippen molar-refractivity contribution in [2.75, 3.05) is 5.73 Å². The highest BCUT2D eigenvalue weighted by Crippen LogP contribution is 2.25. The molecule has 0 aliphatic carbocycles. The van der Waals surface area contributed by atoms with Crippen molar-refractivity contribution in [1.29, 1.82) is 0 Å². The number of aromatic nitrogens is 6. The van der Waals surface area contributed by atoms with Gasteiger partial charge >= 0.3 is 0 Å². The maximum absolute atomic E-state index is 14.3. The molecule has 4 aromatic heterocycles. The maximum Gasteiger partial charge on any atom is 0.264 e. The topological polar surface area (TPSA) is 125 Å². The lowest BCUT2D eigenvalue weighted by Gasteiger charge is -2.21. The summed E-state index contributed by atoms with van der Waals surface area (Å²) in [6, 6.07) is 16.3. The fraction of sp³-hybridized carbons (Fsp3) is 0.129. The van der Waals surface area contributed by atoms with E-state index in [-0.39, 0.29) is 16.9 Å². The first-order chi connectivity index (χ1) is 19.8. The van der Waals surface area contributed by atoms with Crippen molar-refractivity contribution in [2.45, 2.75) is 19.9 Å². The number of carbonyl (C=O) groups is 1. The van der Waals surface area contributed by atoms with Crippen molar-refractivity contribution in [1.82, 2.24) is 34.3 Å². The molecular formula is C31H26N8O2. The molecule has 0 fully saturated rings. The van der Waals surface area contributed by atoms with Crippen LogP contribution in [0.5, 0.6) is 0 Å². The van der Waals surface area contributed by atoms with Crippen LogP contribution in [-0.2, 0) is 7.05 Å². The number of nitrogens with two attached hydrogens (primary N) is 1. The van der Waals surface area contributed by atoms with E-state index in [1.54, 1.807) is 33.9 Å². The van der Waals surface area contributed by atoms with Gasteiger partial charge in [0.1, 0.15) is 5.56 Å². The Morgan fingerprint density at radius 2 is 1.93 bits per heavy atom. The van der Waals surface area contributed by atoms with Gasteiger partial charge in [-0.05, 0) is 55.1 Å². The first kappa shape index (κ1) is 25.6. The zero-order valence-corrected chi connectivity index (χ0v) is 22.7. The first-order valence-corrected chi connectivity index (χ1v) is 13.0. The summed E-state index contributed by atoms with van der Waals surface area (Å²) in [4.78, 5) is 32.0. The molecule has 10 nitrogen and oxygen atoms in total. The van der Waals surface area contributed by atoms with Crippen molar-refractivity contribution < 1.29 is 4.79 Å². The lowest BCUT2D eigenvalue weighted by atomic mass is 10.0. The van der Waals surface area contributed by atoms with Crippen LogP contribution in [0.25, 0.3) is 22.1 Å². The molecule has 6 aromatic rings. The van der Waals surface area contributed by atoms with Gasteiger partial charge in [0.15, 0.2) is 11.5 Å². The van der Waals surface area contributed by atoms with Crippen LogP contribution < -0.4 is 16.6 Å². The highest BCUT2D eigenvalue weighted by Gasteiger charge is 2.24. The molecule has 4 heterocycles. The lowest BCUT2D eigenvalue weighted by molar-refractivity contribution is 0.0941. The van der Waals surface area contributed by atoms with E-state index >= 15 is 0 Å². The van der Waals surface area contributed by atoms with Crippen molar-refractivity contribution in [3.8, 4) is 17.5 Å². The number of nitrogens with zero attached hydrogens (tertiary/aromatic N) is 6. The van der Waals surface area contributed by atoms with Crippen molar-refractivity contribution >= 4 is 28.1 Å². The number of carbonyl (C=O) groups excluding carboxylic acids is 1. The molecule has 202 valence electrons. The van der Waals surface area contributed by atoms with Gasteiger partial charge in [-0.2, -0.15) is 5.10 Å². The molecule has 3 N–H and O–H groups in total. The summed E-state index contributed by atoms with van der Waals surface area (Å²) in [6.07, 6.45) is 6.74. The minimum Gasteiger partial charge on any atom is -0.381 e. The molecule has 0 saturated carbocycles. The third-order valence-corrected chi connectivity index (χ3v) is 6.82. The van der Waals surface area contributed by atoms with E-state index in [0.717, 1.165) is 11.1 Å². The van der Waals surface area contributed by atoms with Crippen LogP contribution in [0.15, 0.2) is 84.2 Å². The number of amides is 1. The molecule has 1 atom stereocenters. The van der Waals surface area contributed by atoms with E-state index in [1.165, 1.54) is 4.52 Å². The van der Waals surface area contributed by atoms with Gasteiger partial charge in [0.25, 0.3) is 11.5 Å². The summed E-state index contributed by atoms with van der Waals surface area (Å²) < 4.78 is 4.77. The average molecular weight is 543 g/mol. The van der Waals surface area contributed by atoms with E-state index in [4.69, 9.17) is 5.73 Å². The molecule has 0 radical (unpaired) electrons. The van der Waals surface area contributed by atoms with E-state index in [9.17, 15) is 9.59 Å². The summed E-state index contributed by atoms with van der Waals surface area (Å²) >= 11 is 0. The monoisotopic (exact) mass is 542 g/mol. The third kappa shape index (κ3) is 4.70. The number of nitrogens with one attached hydrogen (secondary N) is 1.